The summed E-state index contributed by atoms with van der Waals surface area (Å²) in [7, 11) is 1.26. The van der Waals surface area contributed by atoms with E-state index in [0.29, 0.717) is 35.1 Å². The van der Waals surface area contributed by atoms with E-state index in [2.05, 4.69) is 4.98 Å². The number of amides is 1. The predicted octanol–water partition coefficient (Wildman–Crippen LogP) is 5.86. The summed E-state index contributed by atoms with van der Waals surface area (Å²) >= 11 is 0. The van der Waals surface area contributed by atoms with Crippen LogP contribution in [-0.2, 0) is 22.4 Å². The largest absolute Gasteiger partial charge is 0.465 e. The summed E-state index contributed by atoms with van der Waals surface area (Å²) in [6, 6.07) is 8.88. The van der Waals surface area contributed by atoms with Crippen molar-refractivity contribution in [1.82, 2.24) is 19.7 Å². The number of nitrogens with one attached hydrogen (secondary N) is 1. The van der Waals surface area contributed by atoms with Crippen LogP contribution in [0.25, 0.3) is 27.8 Å². The smallest absolute Gasteiger partial charge is 0.410 e. The number of nitrogens with zero attached hydrogens (tertiary/aromatic N) is 3. The van der Waals surface area contributed by atoms with Crippen molar-refractivity contribution in [2.75, 3.05) is 13.7 Å². The summed E-state index contributed by atoms with van der Waals surface area (Å²) in [6.45, 7) is 10.1. The molecule has 8 nitrogen and oxygen atoms in total. The zero-order chi connectivity index (χ0) is 27.4. The third-order valence-electron chi connectivity index (χ3n) is 6.77. The lowest BCUT2D eigenvalue weighted by Crippen LogP contribution is -2.39. The van der Waals surface area contributed by atoms with E-state index in [1.54, 1.807) is 21.8 Å². The van der Waals surface area contributed by atoms with E-state index in [0.717, 1.165) is 28.1 Å². The van der Waals surface area contributed by atoms with Crippen LogP contribution in [0.15, 0.2) is 36.5 Å². The number of aromatic amines is 1. The number of rotatable bonds is 3. The van der Waals surface area contributed by atoms with Crippen LogP contribution in [-0.4, -0.2) is 51.0 Å². The number of ether oxygens (including phenoxy) is 2. The average molecular weight is 519 g/mol. The first-order chi connectivity index (χ1) is 18.0. The topological polar surface area (TPSA) is 89.5 Å². The number of aromatic nitrogens is 3. The summed E-state index contributed by atoms with van der Waals surface area (Å²) in [5, 5.41) is 5.49. The first-order valence-corrected chi connectivity index (χ1v) is 12.5. The number of methoxy groups -OCH3 is 1. The Morgan fingerprint density at radius 3 is 2.50 bits per heavy atom. The Morgan fingerprint density at radius 1 is 1.13 bits per heavy atom. The van der Waals surface area contributed by atoms with E-state index in [4.69, 9.17) is 14.6 Å². The number of aryl methyl sites for hydroxylation is 2. The highest BCUT2D eigenvalue weighted by Gasteiger charge is 2.33. The van der Waals surface area contributed by atoms with Crippen LogP contribution in [0, 0.1) is 19.7 Å². The number of halogens is 1. The van der Waals surface area contributed by atoms with E-state index in [-0.39, 0.29) is 12.1 Å². The Labute approximate surface area is 220 Å². The molecule has 2 aromatic heterocycles. The van der Waals surface area contributed by atoms with Crippen molar-refractivity contribution in [1.29, 1.82) is 0 Å². The highest BCUT2D eigenvalue weighted by atomic mass is 19.1. The quantitative estimate of drug-likeness (QED) is 0.343. The molecular weight excluding hydrogens is 487 g/mol. The van der Waals surface area contributed by atoms with Crippen molar-refractivity contribution in [3.63, 3.8) is 0 Å². The SMILES string of the molecule is COC(=O)c1cc(F)c(-c2c3c(nn2-c2c(C)cccc2C)CCN(C(=O)OC(C)(C)C)C3)c2cc[nH]c12. The normalized spacial score (nSPS) is 13.5. The molecule has 1 aliphatic rings. The highest BCUT2D eigenvalue weighted by molar-refractivity contribution is 6.08. The molecule has 38 heavy (non-hydrogen) atoms. The Hall–Kier alpha value is -4.14. The molecule has 0 aliphatic carbocycles. The van der Waals surface area contributed by atoms with Crippen LogP contribution in [0.2, 0.25) is 0 Å². The predicted molar refractivity (Wildman–Crippen MR) is 142 cm³/mol. The fraction of sp³-hybridized carbons (Fsp3) is 0.345. The number of para-hydroxylation sites is 1. The minimum atomic E-state index is -0.643. The van der Waals surface area contributed by atoms with E-state index < -0.39 is 23.5 Å². The fourth-order valence-electron chi connectivity index (χ4n) is 5.13. The molecular formula is C29H31FN4O4. The number of carbonyl (C=O) groups is 2. The second-order valence-electron chi connectivity index (χ2n) is 10.6. The second-order valence-corrected chi connectivity index (χ2v) is 10.6. The molecule has 0 saturated heterocycles. The van der Waals surface area contributed by atoms with Crippen LogP contribution in [0.5, 0.6) is 0 Å². The molecule has 5 rings (SSSR count). The molecule has 3 heterocycles. The van der Waals surface area contributed by atoms with Gasteiger partial charge in [-0.2, -0.15) is 5.10 Å². The van der Waals surface area contributed by atoms with Gasteiger partial charge < -0.3 is 19.4 Å². The van der Waals surface area contributed by atoms with Crippen LogP contribution >= 0.6 is 0 Å². The van der Waals surface area contributed by atoms with Gasteiger partial charge in [0.05, 0.1) is 41.8 Å². The molecule has 0 saturated carbocycles. The van der Waals surface area contributed by atoms with E-state index in [9.17, 15) is 9.59 Å². The molecule has 0 spiro atoms. The van der Waals surface area contributed by atoms with Gasteiger partial charge >= 0.3 is 12.1 Å². The Bertz CT molecular complexity index is 1560. The Balaban J connectivity index is 1.77. The minimum Gasteiger partial charge on any atom is -0.465 e. The summed E-state index contributed by atoms with van der Waals surface area (Å²) < 4.78 is 28.4. The summed E-state index contributed by atoms with van der Waals surface area (Å²) in [5.74, 6) is -1.22. The minimum absolute atomic E-state index is 0.108. The van der Waals surface area contributed by atoms with Crippen molar-refractivity contribution in [3.05, 3.63) is 70.3 Å². The highest BCUT2D eigenvalue weighted by Crippen LogP contribution is 2.40. The molecule has 0 fully saturated rings. The maximum absolute atomic E-state index is 16.1. The van der Waals surface area contributed by atoms with Gasteiger partial charge in [-0.25, -0.2) is 18.7 Å². The maximum atomic E-state index is 16.1. The number of H-pyrrole nitrogens is 1. The zero-order valence-corrected chi connectivity index (χ0v) is 22.4. The third-order valence-corrected chi connectivity index (χ3v) is 6.77. The molecule has 9 heteroatoms. The van der Waals surface area contributed by atoms with Crippen molar-refractivity contribution in [3.8, 4) is 16.9 Å². The number of esters is 1. The molecule has 4 aromatic rings. The van der Waals surface area contributed by atoms with Gasteiger partial charge in [0.1, 0.15) is 11.4 Å². The van der Waals surface area contributed by atoms with Crippen LogP contribution in [0.4, 0.5) is 9.18 Å². The Morgan fingerprint density at radius 2 is 1.84 bits per heavy atom. The van der Waals surface area contributed by atoms with Gasteiger partial charge in [-0.3, -0.25) is 0 Å². The van der Waals surface area contributed by atoms with E-state index >= 15 is 4.39 Å². The molecule has 198 valence electrons. The van der Waals surface area contributed by atoms with E-state index in [1.165, 1.54) is 13.2 Å². The van der Waals surface area contributed by atoms with Gasteiger partial charge in [-0.15, -0.1) is 0 Å². The van der Waals surface area contributed by atoms with Crippen molar-refractivity contribution < 1.29 is 23.5 Å². The summed E-state index contributed by atoms with van der Waals surface area (Å²) in [6.07, 6.45) is 1.74. The van der Waals surface area contributed by atoms with Crippen LogP contribution < -0.4 is 0 Å². The molecule has 1 amide bonds. The van der Waals surface area contributed by atoms with Gasteiger partial charge in [0, 0.05) is 35.7 Å². The molecule has 2 aromatic carbocycles. The zero-order valence-electron chi connectivity index (χ0n) is 22.4. The number of benzene rings is 2. The van der Waals surface area contributed by atoms with Crippen molar-refractivity contribution in [2.24, 2.45) is 0 Å². The standard InChI is InChI=1S/C29H31FN4O4/c1-16-8-7-9-17(2)25(16)34-26(20-15-33(13-11-22(20)32-34)28(36)38-29(3,4)5)23-18-10-12-31-24(18)19(14-21(23)30)27(35)37-6/h7-10,12,14,31H,11,13,15H2,1-6H3. The maximum Gasteiger partial charge on any atom is 0.410 e. The van der Waals surface area contributed by atoms with Gasteiger partial charge in [0.2, 0.25) is 0 Å². The average Bonchev–Trinajstić information content (AvgIpc) is 3.47. The number of fused-ring (bicyclic) bond motifs is 2. The molecule has 0 bridgehead atoms. The van der Waals surface area contributed by atoms with Crippen molar-refractivity contribution >= 4 is 23.0 Å². The number of carbonyl (C=O) groups excluding carboxylic acids is 2. The molecule has 0 unspecified atom stereocenters. The molecule has 0 atom stereocenters. The van der Waals surface area contributed by atoms with Gasteiger partial charge in [-0.05, 0) is 57.9 Å². The second kappa shape index (κ2) is 9.31. The van der Waals surface area contributed by atoms with Gasteiger partial charge in [0.25, 0.3) is 0 Å². The van der Waals surface area contributed by atoms with E-state index in [1.807, 2.05) is 52.8 Å². The van der Waals surface area contributed by atoms with Crippen molar-refractivity contribution in [2.45, 2.75) is 53.2 Å². The monoisotopic (exact) mass is 518 g/mol. The number of hydrogen-bond acceptors (Lipinski definition) is 5. The molecule has 1 aliphatic heterocycles. The Kier molecular flexibility index (Phi) is 6.25. The molecule has 1 N–H and O–H groups in total. The van der Waals surface area contributed by atoms with Gasteiger partial charge in [-0.1, -0.05) is 18.2 Å². The first-order valence-electron chi connectivity index (χ1n) is 12.5. The number of hydrogen-bond donors (Lipinski definition) is 1. The third kappa shape index (κ3) is 4.31. The summed E-state index contributed by atoms with van der Waals surface area (Å²) in [5.41, 5.74) is 5.13. The lowest BCUT2D eigenvalue weighted by atomic mass is 9.96. The van der Waals surface area contributed by atoms with Crippen LogP contribution in [0.1, 0.15) is 53.5 Å². The molecule has 0 radical (unpaired) electrons. The van der Waals surface area contributed by atoms with Gasteiger partial charge in [0.15, 0.2) is 0 Å². The lowest BCUT2D eigenvalue weighted by Gasteiger charge is -2.30. The first kappa shape index (κ1) is 25.5. The summed E-state index contributed by atoms with van der Waals surface area (Å²) in [4.78, 5) is 30.1. The lowest BCUT2D eigenvalue weighted by molar-refractivity contribution is 0.0223. The fourth-order valence-corrected chi connectivity index (χ4v) is 5.13. The van der Waals surface area contributed by atoms with Crippen LogP contribution in [0.3, 0.4) is 0 Å².